The maximum atomic E-state index is 4.90. The highest BCUT2D eigenvalue weighted by Crippen LogP contribution is 2.38. The van der Waals surface area contributed by atoms with Gasteiger partial charge >= 0.3 is 0 Å². The number of anilines is 1. The van der Waals surface area contributed by atoms with Gasteiger partial charge < -0.3 is 10.2 Å². The fourth-order valence-corrected chi connectivity index (χ4v) is 3.92. The zero-order valence-corrected chi connectivity index (χ0v) is 12.9. The largest absolute Gasteiger partial charge is 0.353 e. The first kappa shape index (κ1) is 13.9. The topological polar surface area (TPSA) is 28.2 Å². The highest BCUT2D eigenvalue weighted by atomic mass is 15.2. The minimum absolute atomic E-state index is 0.760. The molecule has 2 unspecified atom stereocenters. The third-order valence-electron chi connectivity index (χ3n) is 5.03. The molecule has 0 amide bonds. The first-order valence-corrected chi connectivity index (χ1v) is 8.23. The maximum absolute atomic E-state index is 4.90. The third kappa shape index (κ3) is 2.69. The number of nitrogens with zero attached hydrogens (tertiary/aromatic N) is 2. The summed E-state index contributed by atoms with van der Waals surface area (Å²) in [5.74, 6) is 2.13. The van der Waals surface area contributed by atoms with E-state index < -0.39 is 0 Å². The molecule has 20 heavy (non-hydrogen) atoms. The van der Waals surface area contributed by atoms with Gasteiger partial charge in [-0.2, -0.15) is 0 Å². The predicted octanol–water partition coefficient (Wildman–Crippen LogP) is 3.27. The number of aryl methyl sites for hydroxylation is 1. The average Bonchev–Trinajstić information content (AvgIpc) is 2.94. The Morgan fingerprint density at radius 2 is 2.10 bits per heavy atom. The van der Waals surface area contributed by atoms with Crippen LogP contribution < -0.4 is 10.2 Å². The molecule has 3 heteroatoms. The molecule has 3 rings (SSSR count). The van der Waals surface area contributed by atoms with E-state index in [1.54, 1.807) is 0 Å². The van der Waals surface area contributed by atoms with Crippen LogP contribution in [0, 0.1) is 12.8 Å². The molecular weight excluding hydrogens is 246 g/mol. The van der Waals surface area contributed by atoms with Gasteiger partial charge in [-0.1, -0.05) is 19.4 Å². The quantitative estimate of drug-likeness (QED) is 0.912. The van der Waals surface area contributed by atoms with Crippen molar-refractivity contribution in [1.82, 2.24) is 10.3 Å². The van der Waals surface area contributed by atoms with Crippen molar-refractivity contribution in [2.45, 2.75) is 58.5 Å². The summed E-state index contributed by atoms with van der Waals surface area (Å²) >= 11 is 0. The number of hydrogen-bond acceptors (Lipinski definition) is 3. The van der Waals surface area contributed by atoms with Gasteiger partial charge in [0.25, 0.3) is 0 Å². The second-order valence-corrected chi connectivity index (χ2v) is 6.29. The molecule has 0 spiro atoms. The summed E-state index contributed by atoms with van der Waals surface area (Å²) in [6.45, 7) is 7.43. The molecule has 1 aliphatic heterocycles. The van der Waals surface area contributed by atoms with Crippen LogP contribution in [-0.4, -0.2) is 24.1 Å². The first-order valence-electron chi connectivity index (χ1n) is 8.23. The normalized spacial score (nSPS) is 25.8. The summed E-state index contributed by atoms with van der Waals surface area (Å²) in [6, 6.07) is 5.26. The van der Waals surface area contributed by atoms with Crippen LogP contribution in [0.4, 0.5) is 5.82 Å². The fraction of sp³-hybridized carbons (Fsp3) is 0.706. The van der Waals surface area contributed by atoms with E-state index in [1.807, 2.05) is 0 Å². The Kier molecular flexibility index (Phi) is 4.25. The molecule has 1 aromatic rings. The molecule has 0 radical (unpaired) electrons. The van der Waals surface area contributed by atoms with Gasteiger partial charge in [0.1, 0.15) is 5.82 Å². The molecule has 3 nitrogen and oxygen atoms in total. The highest BCUT2D eigenvalue weighted by Gasteiger charge is 2.35. The van der Waals surface area contributed by atoms with E-state index in [2.05, 4.69) is 36.2 Å². The number of rotatable bonds is 4. The maximum Gasteiger partial charge on any atom is 0.129 e. The third-order valence-corrected chi connectivity index (χ3v) is 5.03. The number of pyridine rings is 1. The summed E-state index contributed by atoms with van der Waals surface area (Å²) < 4.78 is 0. The van der Waals surface area contributed by atoms with Crippen LogP contribution >= 0.6 is 0 Å². The molecule has 0 bridgehead atoms. The number of hydrogen-bond donors (Lipinski definition) is 1. The summed E-state index contributed by atoms with van der Waals surface area (Å²) in [6.07, 6.45) is 6.96. The van der Waals surface area contributed by atoms with E-state index in [0.717, 1.165) is 25.0 Å². The van der Waals surface area contributed by atoms with Crippen LogP contribution in [0.15, 0.2) is 12.1 Å². The van der Waals surface area contributed by atoms with E-state index in [-0.39, 0.29) is 0 Å². The van der Waals surface area contributed by atoms with Crippen molar-refractivity contribution in [2.75, 3.05) is 18.0 Å². The number of aromatic nitrogens is 1. The molecule has 2 fully saturated rings. The molecular formula is C17H27N3. The van der Waals surface area contributed by atoms with Crippen molar-refractivity contribution >= 4 is 5.82 Å². The van der Waals surface area contributed by atoms with Crippen LogP contribution in [0.2, 0.25) is 0 Å². The highest BCUT2D eigenvalue weighted by molar-refractivity contribution is 5.44. The molecule has 2 atom stereocenters. The minimum Gasteiger partial charge on any atom is -0.353 e. The second kappa shape index (κ2) is 6.13. The molecule has 2 heterocycles. The predicted molar refractivity (Wildman–Crippen MR) is 84.1 cm³/mol. The zero-order chi connectivity index (χ0) is 13.9. The Hall–Kier alpha value is -1.09. The fourth-order valence-electron chi connectivity index (χ4n) is 3.92. The van der Waals surface area contributed by atoms with Crippen LogP contribution in [0.5, 0.6) is 0 Å². The molecule has 110 valence electrons. The average molecular weight is 273 g/mol. The number of piperidine rings is 1. The van der Waals surface area contributed by atoms with Crippen molar-refractivity contribution < 1.29 is 0 Å². The second-order valence-electron chi connectivity index (χ2n) is 6.29. The van der Waals surface area contributed by atoms with Crippen molar-refractivity contribution in [3.8, 4) is 0 Å². The van der Waals surface area contributed by atoms with Gasteiger partial charge in [-0.05, 0) is 56.7 Å². The smallest absolute Gasteiger partial charge is 0.129 e. The van der Waals surface area contributed by atoms with Gasteiger partial charge in [-0.15, -0.1) is 0 Å². The summed E-state index contributed by atoms with van der Waals surface area (Å²) in [7, 11) is 0. The standard InChI is InChI=1S/C17H27N3/c1-3-18-12-15-9-10-17(19-13(15)2)20-11-5-7-14-6-4-8-16(14)20/h9-10,14,16,18H,3-8,11-12H2,1-2H3. The van der Waals surface area contributed by atoms with Crippen molar-refractivity contribution in [3.63, 3.8) is 0 Å². The van der Waals surface area contributed by atoms with Gasteiger partial charge in [0, 0.05) is 24.8 Å². The van der Waals surface area contributed by atoms with E-state index in [1.165, 1.54) is 55.7 Å². The van der Waals surface area contributed by atoms with Crippen molar-refractivity contribution in [3.05, 3.63) is 23.4 Å². The van der Waals surface area contributed by atoms with Crippen molar-refractivity contribution in [2.24, 2.45) is 5.92 Å². The van der Waals surface area contributed by atoms with Crippen LogP contribution in [0.1, 0.15) is 50.3 Å². The zero-order valence-electron chi connectivity index (χ0n) is 12.9. The monoisotopic (exact) mass is 273 g/mol. The number of nitrogens with one attached hydrogen (secondary N) is 1. The van der Waals surface area contributed by atoms with Crippen LogP contribution in [0.3, 0.4) is 0 Å². The lowest BCUT2D eigenvalue weighted by molar-refractivity contribution is 0.360. The van der Waals surface area contributed by atoms with E-state index in [9.17, 15) is 0 Å². The van der Waals surface area contributed by atoms with Crippen LogP contribution in [0.25, 0.3) is 0 Å². The van der Waals surface area contributed by atoms with Gasteiger partial charge in [0.15, 0.2) is 0 Å². The lowest BCUT2D eigenvalue weighted by Crippen LogP contribution is -2.43. The molecule has 1 aliphatic carbocycles. The van der Waals surface area contributed by atoms with E-state index >= 15 is 0 Å². The SMILES string of the molecule is CCNCc1ccc(N2CCCC3CCCC32)nc1C. The van der Waals surface area contributed by atoms with Gasteiger partial charge in [-0.3, -0.25) is 0 Å². The Bertz CT molecular complexity index is 458. The Balaban J connectivity index is 1.77. The van der Waals surface area contributed by atoms with Crippen LogP contribution in [-0.2, 0) is 6.54 Å². The van der Waals surface area contributed by atoms with Gasteiger partial charge in [0.2, 0.25) is 0 Å². The molecule has 1 saturated carbocycles. The van der Waals surface area contributed by atoms with Gasteiger partial charge in [-0.25, -0.2) is 4.98 Å². The number of fused-ring (bicyclic) bond motifs is 1. The Labute approximate surface area is 122 Å². The van der Waals surface area contributed by atoms with E-state index in [0.29, 0.717) is 0 Å². The molecule has 2 aliphatic rings. The summed E-state index contributed by atoms with van der Waals surface area (Å²) in [4.78, 5) is 7.48. The molecule has 1 saturated heterocycles. The molecule has 1 N–H and O–H groups in total. The van der Waals surface area contributed by atoms with E-state index in [4.69, 9.17) is 4.98 Å². The lowest BCUT2D eigenvalue weighted by Gasteiger charge is -2.38. The molecule has 1 aromatic heterocycles. The Morgan fingerprint density at radius 1 is 1.25 bits per heavy atom. The first-order chi connectivity index (χ1) is 9.79. The lowest BCUT2D eigenvalue weighted by atomic mass is 9.92. The Morgan fingerprint density at radius 3 is 2.90 bits per heavy atom. The molecule has 0 aromatic carbocycles. The summed E-state index contributed by atoms with van der Waals surface area (Å²) in [5, 5.41) is 3.39. The summed E-state index contributed by atoms with van der Waals surface area (Å²) in [5.41, 5.74) is 2.51. The van der Waals surface area contributed by atoms with Gasteiger partial charge in [0.05, 0.1) is 0 Å². The van der Waals surface area contributed by atoms with Crippen molar-refractivity contribution in [1.29, 1.82) is 0 Å². The minimum atomic E-state index is 0.760.